The molecular weight excluding hydrogens is 166 g/mol. The molecule has 0 unspecified atom stereocenters. The first-order chi connectivity index (χ1) is 5.83. The second kappa shape index (κ2) is 5.22. The Kier molecular flexibility index (Phi) is 4.99. The highest BCUT2D eigenvalue weighted by Gasteiger charge is 2.20. The SMILES string of the molecule is CC(C)CCNC(C)(C)CC(=O)O. The van der Waals surface area contributed by atoms with Crippen molar-refractivity contribution in [1.82, 2.24) is 5.32 Å². The van der Waals surface area contributed by atoms with Crippen LogP contribution in [-0.2, 0) is 4.79 Å². The summed E-state index contributed by atoms with van der Waals surface area (Å²) < 4.78 is 0. The minimum absolute atomic E-state index is 0.172. The molecule has 0 atom stereocenters. The molecular formula is C10H21NO2. The highest BCUT2D eigenvalue weighted by Crippen LogP contribution is 2.08. The van der Waals surface area contributed by atoms with Gasteiger partial charge in [0.25, 0.3) is 0 Å². The molecule has 0 rings (SSSR count). The Hall–Kier alpha value is -0.570. The monoisotopic (exact) mass is 187 g/mol. The third kappa shape index (κ3) is 7.78. The third-order valence-electron chi connectivity index (χ3n) is 1.92. The van der Waals surface area contributed by atoms with Crippen LogP contribution in [0.15, 0.2) is 0 Å². The van der Waals surface area contributed by atoms with Gasteiger partial charge in [-0.3, -0.25) is 4.79 Å². The molecule has 2 N–H and O–H groups in total. The molecule has 0 aromatic rings. The summed E-state index contributed by atoms with van der Waals surface area (Å²) in [5.41, 5.74) is -0.291. The number of carboxylic acids is 1. The van der Waals surface area contributed by atoms with Gasteiger partial charge in [-0.1, -0.05) is 13.8 Å². The Morgan fingerprint density at radius 3 is 2.38 bits per heavy atom. The molecule has 3 nitrogen and oxygen atoms in total. The van der Waals surface area contributed by atoms with Crippen LogP contribution in [0.5, 0.6) is 0 Å². The molecule has 0 aliphatic carbocycles. The molecule has 0 saturated heterocycles. The van der Waals surface area contributed by atoms with Crippen LogP contribution in [0.1, 0.15) is 40.5 Å². The second-order valence-electron chi connectivity index (χ2n) is 4.56. The van der Waals surface area contributed by atoms with Gasteiger partial charge in [-0.2, -0.15) is 0 Å². The number of nitrogens with one attached hydrogen (secondary N) is 1. The maximum Gasteiger partial charge on any atom is 0.305 e. The predicted octanol–water partition coefficient (Wildman–Crippen LogP) is 1.88. The first-order valence-electron chi connectivity index (χ1n) is 4.80. The van der Waals surface area contributed by atoms with Crippen LogP contribution in [0.25, 0.3) is 0 Å². The van der Waals surface area contributed by atoms with Crippen molar-refractivity contribution in [3.8, 4) is 0 Å². The summed E-state index contributed by atoms with van der Waals surface area (Å²) >= 11 is 0. The van der Waals surface area contributed by atoms with E-state index < -0.39 is 5.97 Å². The summed E-state index contributed by atoms with van der Waals surface area (Å²) in [6.07, 6.45) is 1.26. The van der Waals surface area contributed by atoms with Crippen molar-refractivity contribution in [3.05, 3.63) is 0 Å². The lowest BCUT2D eigenvalue weighted by Crippen LogP contribution is -2.41. The van der Waals surface area contributed by atoms with E-state index in [2.05, 4.69) is 19.2 Å². The van der Waals surface area contributed by atoms with Gasteiger partial charge in [0.2, 0.25) is 0 Å². The zero-order valence-corrected chi connectivity index (χ0v) is 9.05. The molecule has 0 aromatic heterocycles. The molecule has 0 bridgehead atoms. The molecule has 0 aliphatic heterocycles. The van der Waals surface area contributed by atoms with Gasteiger partial charge >= 0.3 is 5.97 Å². The number of carbonyl (C=O) groups is 1. The van der Waals surface area contributed by atoms with E-state index in [9.17, 15) is 4.79 Å². The number of hydrogen-bond acceptors (Lipinski definition) is 2. The minimum atomic E-state index is -0.748. The maximum absolute atomic E-state index is 10.5. The van der Waals surface area contributed by atoms with Crippen molar-refractivity contribution < 1.29 is 9.90 Å². The van der Waals surface area contributed by atoms with E-state index in [1.165, 1.54) is 0 Å². The molecule has 0 aromatic carbocycles. The fourth-order valence-electron chi connectivity index (χ4n) is 1.14. The predicted molar refractivity (Wildman–Crippen MR) is 53.8 cm³/mol. The fraction of sp³-hybridized carbons (Fsp3) is 0.900. The molecule has 0 spiro atoms. The molecule has 0 amide bonds. The zero-order chi connectivity index (χ0) is 10.5. The van der Waals surface area contributed by atoms with Crippen LogP contribution in [0.3, 0.4) is 0 Å². The van der Waals surface area contributed by atoms with Crippen LogP contribution in [0.2, 0.25) is 0 Å². The summed E-state index contributed by atoms with van der Waals surface area (Å²) in [5.74, 6) is -0.0878. The van der Waals surface area contributed by atoms with Crippen LogP contribution in [0.4, 0.5) is 0 Å². The molecule has 0 fully saturated rings. The van der Waals surface area contributed by atoms with Gasteiger partial charge in [0.05, 0.1) is 6.42 Å². The van der Waals surface area contributed by atoms with Gasteiger partial charge in [0.1, 0.15) is 0 Å². The maximum atomic E-state index is 10.5. The number of rotatable bonds is 6. The Balaban J connectivity index is 3.69. The van der Waals surface area contributed by atoms with Gasteiger partial charge in [-0.25, -0.2) is 0 Å². The van der Waals surface area contributed by atoms with Gasteiger partial charge in [0, 0.05) is 5.54 Å². The van der Waals surface area contributed by atoms with E-state index in [0.717, 1.165) is 13.0 Å². The average Bonchev–Trinajstić information content (AvgIpc) is 1.81. The van der Waals surface area contributed by atoms with E-state index in [0.29, 0.717) is 5.92 Å². The molecule has 3 heteroatoms. The Morgan fingerprint density at radius 2 is 2.00 bits per heavy atom. The highest BCUT2D eigenvalue weighted by atomic mass is 16.4. The molecule has 0 aliphatic rings. The van der Waals surface area contributed by atoms with Gasteiger partial charge < -0.3 is 10.4 Å². The lowest BCUT2D eigenvalue weighted by Gasteiger charge is -2.24. The summed E-state index contributed by atoms with van der Waals surface area (Å²) in [4.78, 5) is 10.5. The topological polar surface area (TPSA) is 49.3 Å². The van der Waals surface area contributed by atoms with Gasteiger partial charge in [-0.05, 0) is 32.7 Å². The smallest absolute Gasteiger partial charge is 0.305 e. The van der Waals surface area contributed by atoms with Gasteiger partial charge in [0.15, 0.2) is 0 Å². The van der Waals surface area contributed by atoms with Crippen molar-refractivity contribution >= 4 is 5.97 Å². The van der Waals surface area contributed by atoms with Crippen molar-refractivity contribution in [1.29, 1.82) is 0 Å². The van der Waals surface area contributed by atoms with Gasteiger partial charge in [-0.15, -0.1) is 0 Å². The molecule has 13 heavy (non-hydrogen) atoms. The van der Waals surface area contributed by atoms with E-state index in [1.807, 2.05) is 13.8 Å². The van der Waals surface area contributed by atoms with Crippen molar-refractivity contribution in [3.63, 3.8) is 0 Å². The van der Waals surface area contributed by atoms with E-state index in [4.69, 9.17) is 5.11 Å². The molecule has 0 radical (unpaired) electrons. The fourth-order valence-corrected chi connectivity index (χ4v) is 1.14. The summed E-state index contributed by atoms with van der Waals surface area (Å²) in [6.45, 7) is 9.04. The number of aliphatic carboxylic acids is 1. The Bertz CT molecular complexity index is 164. The minimum Gasteiger partial charge on any atom is -0.481 e. The van der Waals surface area contributed by atoms with Crippen LogP contribution < -0.4 is 5.32 Å². The number of hydrogen-bond donors (Lipinski definition) is 2. The zero-order valence-electron chi connectivity index (χ0n) is 9.05. The molecule has 0 saturated carbocycles. The van der Waals surface area contributed by atoms with Crippen molar-refractivity contribution in [2.24, 2.45) is 5.92 Å². The first kappa shape index (κ1) is 12.4. The van der Waals surface area contributed by atoms with E-state index >= 15 is 0 Å². The second-order valence-corrected chi connectivity index (χ2v) is 4.56. The Morgan fingerprint density at radius 1 is 1.46 bits per heavy atom. The summed E-state index contributed by atoms with van der Waals surface area (Å²) in [6, 6.07) is 0. The third-order valence-corrected chi connectivity index (χ3v) is 1.92. The van der Waals surface area contributed by atoms with Crippen molar-refractivity contribution in [2.45, 2.75) is 46.1 Å². The molecule has 0 heterocycles. The standard InChI is InChI=1S/C10H21NO2/c1-8(2)5-6-11-10(3,4)7-9(12)13/h8,11H,5-7H2,1-4H3,(H,12,13). The van der Waals surface area contributed by atoms with E-state index in [1.54, 1.807) is 0 Å². The van der Waals surface area contributed by atoms with Crippen LogP contribution in [-0.4, -0.2) is 23.2 Å². The highest BCUT2D eigenvalue weighted by molar-refractivity contribution is 5.68. The lowest BCUT2D eigenvalue weighted by molar-refractivity contribution is -0.138. The normalized spacial score (nSPS) is 12.1. The Labute approximate surface area is 80.5 Å². The van der Waals surface area contributed by atoms with Crippen LogP contribution >= 0.6 is 0 Å². The van der Waals surface area contributed by atoms with Crippen LogP contribution in [0, 0.1) is 5.92 Å². The summed E-state index contributed by atoms with van der Waals surface area (Å²) in [5, 5.41) is 11.9. The average molecular weight is 187 g/mol. The lowest BCUT2D eigenvalue weighted by atomic mass is 10.00. The largest absolute Gasteiger partial charge is 0.481 e. The summed E-state index contributed by atoms with van der Waals surface area (Å²) in [7, 11) is 0. The first-order valence-corrected chi connectivity index (χ1v) is 4.80. The number of carboxylic acid groups (broad SMARTS) is 1. The molecule has 78 valence electrons. The van der Waals surface area contributed by atoms with Crippen molar-refractivity contribution in [2.75, 3.05) is 6.54 Å². The van der Waals surface area contributed by atoms with E-state index in [-0.39, 0.29) is 12.0 Å². The quantitative estimate of drug-likeness (QED) is 0.667.